The first kappa shape index (κ1) is 20.2. The molecule has 0 atom stereocenters. The zero-order valence-electron chi connectivity index (χ0n) is 16.1. The van der Waals surface area contributed by atoms with Crippen LogP contribution in [-0.2, 0) is 16.0 Å². The van der Waals surface area contributed by atoms with Crippen molar-refractivity contribution in [3.8, 4) is 5.75 Å². The Hall–Kier alpha value is -3.04. The molecule has 7 nitrogen and oxygen atoms in total. The number of nitrogens with one attached hydrogen (secondary N) is 2. The lowest BCUT2D eigenvalue weighted by Crippen LogP contribution is -2.40. The van der Waals surface area contributed by atoms with Crippen LogP contribution in [0.15, 0.2) is 46.8 Å². The lowest BCUT2D eigenvalue weighted by Gasteiger charge is -2.12. The highest BCUT2D eigenvalue weighted by atomic mass is 32.2. The van der Waals surface area contributed by atoms with Crippen molar-refractivity contribution in [2.24, 2.45) is 0 Å². The summed E-state index contributed by atoms with van der Waals surface area (Å²) < 4.78 is 5.27. The highest BCUT2D eigenvalue weighted by Gasteiger charge is 2.36. The molecule has 0 aliphatic carbocycles. The summed E-state index contributed by atoms with van der Waals surface area (Å²) in [5, 5.41) is 5.29. The largest absolute Gasteiger partial charge is 0.497 e. The maximum Gasteiger partial charge on any atom is 0.294 e. The fourth-order valence-corrected chi connectivity index (χ4v) is 4.73. The molecule has 1 fully saturated rings. The van der Waals surface area contributed by atoms with Crippen LogP contribution in [0.4, 0.5) is 4.79 Å². The monoisotopic (exact) mass is 441 g/mol. The van der Waals surface area contributed by atoms with E-state index in [1.807, 2.05) is 41.9 Å². The third kappa shape index (κ3) is 4.27. The van der Waals surface area contributed by atoms with E-state index in [0.717, 1.165) is 43.8 Å². The summed E-state index contributed by atoms with van der Waals surface area (Å²) in [6.45, 7) is 0.110. The Bertz CT molecular complexity index is 1130. The van der Waals surface area contributed by atoms with E-state index < -0.39 is 11.1 Å². The van der Waals surface area contributed by atoms with E-state index in [4.69, 9.17) is 4.74 Å². The number of aromatic amines is 1. The lowest BCUT2D eigenvalue weighted by atomic mass is 10.1. The second-order valence-corrected chi connectivity index (χ2v) is 8.58. The molecule has 0 unspecified atom stereocenters. The molecule has 30 heavy (non-hydrogen) atoms. The fraction of sp³-hybridized carbons (Fsp3) is 0.190. The Balaban J connectivity index is 1.33. The van der Waals surface area contributed by atoms with Crippen molar-refractivity contribution in [3.05, 3.63) is 57.3 Å². The fourth-order valence-electron chi connectivity index (χ4n) is 3.17. The third-order valence-corrected chi connectivity index (χ3v) is 6.41. The molecule has 4 rings (SSSR count). The molecule has 3 aromatic rings. The van der Waals surface area contributed by atoms with Gasteiger partial charge < -0.3 is 15.0 Å². The first-order chi connectivity index (χ1) is 14.5. The maximum absolute atomic E-state index is 12.5. The molecule has 1 aromatic carbocycles. The predicted molar refractivity (Wildman–Crippen MR) is 119 cm³/mol. The Morgan fingerprint density at radius 1 is 1.30 bits per heavy atom. The molecular weight excluding hydrogens is 422 g/mol. The first-order valence-electron chi connectivity index (χ1n) is 9.24. The minimum Gasteiger partial charge on any atom is -0.497 e. The van der Waals surface area contributed by atoms with Crippen LogP contribution in [0.3, 0.4) is 0 Å². The summed E-state index contributed by atoms with van der Waals surface area (Å²) >= 11 is 2.34. The molecule has 2 N–H and O–H groups in total. The Morgan fingerprint density at radius 2 is 2.17 bits per heavy atom. The minimum atomic E-state index is -0.433. The molecular formula is C21H19N3O4S2. The van der Waals surface area contributed by atoms with Gasteiger partial charge in [0.25, 0.3) is 11.1 Å². The van der Waals surface area contributed by atoms with E-state index in [9.17, 15) is 14.4 Å². The van der Waals surface area contributed by atoms with Gasteiger partial charge in [-0.2, -0.15) is 0 Å². The number of amides is 3. The van der Waals surface area contributed by atoms with Crippen molar-refractivity contribution < 1.29 is 19.1 Å². The molecule has 9 heteroatoms. The van der Waals surface area contributed by atoms with Gasteiger partial charge in [-0.15, -0.1) is 11.3 Å². The summed E-state index contributed by atoms with van der Waals surface area (Å²) in [5.41, 5.74) is 2.04. The molecule has 0 spiro atoms. The number of thioether (sulfide) groups is 1. The number of aromatic nitrogens is 1. The molecule has 1 saturated heterocycles. The van der Waals surface area contributed by atoms with Crippen LogP contribution in [0.25, 0.3) is 17.0 Å². The Morgan fingerprint density at radius 3 is 2.93 bits per heavy atom. The smallest absolute Gasteiger partial charge is 0.294 e. The van der Waals surface area contributed by atoms with Gasteiger partial charge in [-0.3, -0.25) is 19.3 Å². The molecule has 3 heterocycles. The number of methoxy groups -OCH3 is 1. The summed E-state index contributed by atoms with van der Waals surface area (Å²) in [6.07, 6.45) is 4.19. The first-order valence-corrected chi connectivity index (χ1v) is 10.9. The van der Waals surface area contributed by atoms with Crippen LogP contribution in [0.1, 0.15) is 10.4 Å². The summed E-state index contributed by atoms with van der Waals surface area (Å²) in [4.78, 5) is 42.3. The van der Waals surface area contributed by atoms with Crippen LogP contribution in [0, 0.1) is 0 Å². The van der Waals surface area contributed by atoms with Gasteiger partial charge in [0.15, 0.2) is 0 Å². The molecule has 0 saturated carbocycles. The van der Waals surface area contributed by atoms with E-state index >= 15 is 0 Å². The van der Waals surface area contributed by atoms with Crippen molar-refractivity contribution in [2.45, 2.75) is 6.42 Å². The number of imide groups is 1. The number of ether oxygens (including phenoxy) is 1. The predicted octanol–water partition coefficient (Wildman–Crippen LogP) is 3.63. The highest BCUT2D eigenvalue weighted by Crippen LogP contribution is 2.32. The quantitative estimate of drug-likeness (QED) is 0.547. The van der Waals surface area contributed by atoms with E-state index in [1.54, 1.807) is 13.2 Å². The number of benzene rings is 1. The zero-order chi connectivity index (χ0) is 21.1. The summed E-state index contributed by atoms with van der Waals surface area (Å²) in [6, 6.07) is 9.51. The number of carbonyl (C=O) groups is 3. The van der Waals surface area contributed by atoms with Crippen LogP contribution in [0.2, 0.25) is 0 Å². The molecule has 1 aliphatic heterocycles. The lowest BCUT2D eigenvalue weighted by molar-refractivity contribution is -0.129. The molecule has 154 valence electrons. The number of carbonyl (C=O) groups excluding carboxylic acids is 3. The van der Waals surface area contributed by atoms with Crippen molar-refractivity contribution >= 4 is 57.1 Å². The molecule has 0 bridgehead atoms. The van der Waals surface area contributed by atoms with Crippen LogP contribution in [0.5, 0.6) is 5.75 Å². The van der Waals surface area contributed by atoms with E-state index in [0.29, 0.717) is 17.9 Å². The second-order valence-electron chi connectivity index (χ2n) is 6.61. The standard InChI is InChI=1S/C21H19N3O4S2/c1-28-14-4-5-17-16(9-14)13(11-23-17)6-7-22-19(25)12-24-20(26)18(30-21(24)27)10-15-3-2-8-29-15/h2-5,8-11,23H,6-7,12H2,1H3,(H,22,25). The average molecular weight is 442 g/mol. The van der Waals surface area contributed by atoms with Gasteiger partial charge in [-0.05, 0) is 59.5 Å². The molecule has 3 amide bonds. The van der Waals surface area contributed by atoms with Gasteiger partial charge in [0.1, 0.15) is 12.3 Å². The van der Waals surface area contributed by atoms with E-state index in [1.165, 1.54) is 11.3 Å². The Kier molecular flexibility index (Phi) is 5.91. The van der Waals surface area contributed by atoms with Crippen molar-refractivity contribution in [3.63, 3.8) is 0 Å². The van der Waals surface area contributed by atoms with E-state index in [2.05, 4.69) is 10.3 Å². The molecule has 1 aliphatic rings. The van der Waals surface area contributed by atoms with Crippen LogP contribution >= 0.6 is 23.1 Å². The average Bonchev–Trinajstić information content (AvgIpc) is 3.45. The maximum atomic E-state index is 12.5. The normalized spacial score (nSPS) is 15.4. The second kappa shape index (κ2) is 8.76. The minimum absolute atomic E-state index is 0.284. The van der Waals surface area contributed by atoms with Crippen molar-refractivity contribution in [1.82, 2.24) is 15.2 Å². The number of thiophene rings is 1. The van der Waals surface area contributed by atoms with Gasteiger partial charge in [0.05, 0.1) is 12.0 Å². The van der Waals surface area contributed by atoms with E-state index in [-0.39, 0.29) is 12.5 Å². The number of hydrogen-bond donors (Lipinski definition) is 2. The number of rotatable bonds is 7. The van der Waals surface area contributed by atoms with Crippen LogP contribution in [-0.4, -0.2) is 47.1 Å². The van der Waals surface area contributed by atoms with Gasteiger partial charge in [-0.25, -0.2) is 0 Å². The van der Waals surface area contributed by atoms with Gasteiger partial charge in [0.2, 0.25) is 5.91 Å². The van der Waals surface area contributed by atoms with Crippen molar-refractivity contribution in [1.29, 1.82) is 0 Å². The van der Waals surface area contributed by atoms with Gasteiger partial charge in [-0.1, -0.05) is 6.07 Å². The Labute approximate surface area is 181 Å². The van der Waals surface area contributed by atoms with Crippen LogP contribution < -0.4 is 10.1 Å². The zero-order valence-corrected chi connectivity index (χ0v) is 17.8. The number of fused-ring (bicyclic) bond motifs is 1. The SMILES string of the molecule is COc1ccc2[nH]cc(CCNC(=O)CN3C(=O)SC(=Cc4cccs4)C3=O)c2c1. The van der Waals surface area contributed by atoms with Gasteiger partial charge in [0, 0.05) is 28.5 Å². The topological polar surface area (TPSA) is 91.5 Å². The molecule has 0 radical (unpaired) electrons. The number of nitrogens with zero attached hydrogens (tertiary/aromatic N) is 1. The van der Waals surface area contributed by atoms with Gasteiger partial charge >= 0.3 is 0 Å². The number of H-pyrrole nitrogens is 1. The highest BCUT2D eigenvalue weighted by molar-refractivity contribution is 8.18. The molecule has 2 aromatic heterocycles. The summed E-state index contributed by atoms with van der Waals surface area (Å²) in [5.74, 6) is -0.0354. The summed E-state index contributed by atoms with van der Waals surface area (Å²) in [7, 11) is 1.62. The third-order valence-electron chi connectivity index (χ3n) is 4.68. The van der Waals surface area contributed by atoms with Crippen molar-refractivity contribution in [2.75, 3.05) is 20.2 Å². The number of hydrogen-bond acceptors (Lipinski definition) is 6.